The first-order valence-electron chi connectivity index (χ1n) is 9.15. The monoisotopic (exact) mass is 359 g/mol. The van der Waals surface area contributed by atoms with Crippen molar-refractivity contribution in [2.75, 3.05) is 31.1 Å². The van der Waals surface area contributed by atoms with E-state index in [4.69, 9.17) is 4.98 Å². The molecule has 4 rings (SSSR count). The molecule has 0 amide bonds. The summed E-state index contributed by atoms with van der Waals surface area (Å²) in [5.74, 6) is 1.60. The van der Waals surface area contributed by atoms with Crippen LogP contribution in [0.2, 0.25) is 0 Å². The van der Waals surface area contributed by atoms with E-state index in [1.807, 2.05) is 17.4 Å². The minimum atomic E-state index is -0.0658. The van der Waals surface area contributed by atoms with Gasteiger partial charge in [0.15, 0.2) is 0 Å². The summed E-state index contributed by atoms with van der Waals surface area (Å²) >= 11 is 1.85. The quantitative estimate of drug-likeness (QED) is 0.838. The highest BCUT2D eigenvalue weighted by molar-refractivity contribution is 7.09. The molecule has 7 heteroatoms. The van der Waals surface area contributed by atoms with E-state index in [-0.39, 0.29) is 5.56 Å². The number of anilines is 1. The third-order valence-electron chi connectivity index (χ3n) is 5.30. The average molecular weight is 359 g/mol. The average Bonchev–Trinajstić information content (AvgIpc) is 3.29. The van der Waals surface area contributed by atoms with Crippen LogP contribution in [-0.4, -0.2) is 45.8 Å². The molecule has 1 aliphatic heterocycles. The van der Waals surface area contributed by atoms with E-state index in [1.165, 1.54) is 41.1 Å². The van der Waals surface area contributed by atoms with Crippen molar-refractivity contribution in [1.82, 2.24) is 19.7 Å². The van der Waals surface area contributed by atoms with Crippen LogP contribution in [-0.2, 0) is 13.6 Å². The van der Waals surface area contributed by atoms with E-state index in [0.717, 1.165) is 38.5 Å². The summed E-state index contributed by atoms with van der Waals surface area (Å²) < 4.78 is 1.40. The van der Waals surface area contributed by atoms with Crippen molar-refractivity contribution in [2.24, 2.45) is 7.05 Å². The molecule has 0 aromatic carbocycles. The molecule has 0 spiro atoms. The minimum Gasteiger partial charge on any atom is -0.353 e. The maximum atomic E-state index is 11.5. The van der Waals surface area contributed by atoms with Crippen molar-refractivity contribution in [2.45, 2.75) is 38.1 Å². The van der Waals surface area contributed by atoms with Crippen molar-refractivity contribution in [3.63, 3.8) is 0 Å². The molecule has 0 bridgehead atoms. The summed E-state index contributed by atoms with van der Waals surface area (Å²) in [7, 11) is 1.70. The largest absolute Gasteiger partial charge is 0.353 e. The Hall–Kier alpha value is -1.73. The number of aromatic nitrogens is 3. The first-order chi connectivity index (χ1) is 12.2. The molecule has 3 heterocycles. The van der Waals surface area contributed by atoms with Gasteiger partial charge in [0.05, 0.1) is 10.7 Å². The normalized spacial score (nSPS) is 19.6. The second-order valence-electron chi connectivity index (χ2n) is 7.08. The van der Waals surface area contributed by atoms with Gasteiger partial charge in [-0.25, -0.2) is 9.67 Å². The van der Waals surface area contributed by atoms with Crippen LogP contribution in [0.15, 0.2) is 22.3 Å². The van der Waals surface area contributed by atoms with Crippen LogP contribution in [0.5, 0.6) is 0 Å². The summed E-state index contributed by atoms with van der Waals surface area (Å²) in [4.78, 5) is 21.1. The van der Waals surface area contributed by atoms with Crippen LogP contribution >= 0.6 is 11.3 Å². The first kappa shape index (κ1) is 16.7. The molecular weight excluding hydrogens is 334 g/mol. The van der Waals surface area contributed by atoms with Gasteiger partial charge in [0.2, 0.25) is 0 Å². The lowest BCUT2D eigenvalue weighted by Gasteiger charge is -2.35. The van der Waals surface area contributed by atoms with E-state index in [1.54, 1.807) is 13.1 Å². The Morgan fingerprint density at radius 2 is 1.92 bits per heavy atom. The van der Waals surface area contributed by atoms with Crippen LogP contribution in [0.25, 0.3) is 0 Å². The summed E-state index contributed by atoms with van der Waals surface area (Å²) in [6, 6.07) is 3.42. The van der Waals surface area contributed by atoms with Gasteiger partial charge in [-0.15, -0.1) is 11.3 Å². The zero-order valence-corrected chi connectivity index (χ0v) is 15.5. The zero-order valence-electron chi connectivity index (χ0n) is 14.7. The number of hydrogen-bond acceptors (Lipinski definition) is 6. The summed E-state index contributed by atoms with van der Waals surface area (Å²) in [5.41, 5.74) is 1.16. The number of aryl methyl sites for hydroxylation is 1. The molecule has 2 aromatic heterocycles. The molecule has 0 radical (unpaired) electrons. The maximum Gasteiger partial charge on any atom is 0.266 e. The standard InChI is InChI=1S/C18H25N5OS/c1-21-17(24)7-6-16(20-21)23-10-8-22(9-11-23)12-15-13-25-18(19-15)14-4-2-3-5-14/h6-7,13-14H,2-5,8-12H2,1H3. The van der Waals surface area contributed by atoms with Crippen LogP contribution in [0, 0.1) is 0 Å². The topological polar surface area (TPSA) is 54.3 Å². The van der Waals surface area contributed by atoms with Crippen molar-refractivity contribution in [3.05, 3.63) is 38.6 Å². The van der Waals surface area contributed by atoms with E-state index in [0.29, 0.717) is 5.92 Å². The molecule has 0 unspecified atom stereocenters. The molecule has 0 atom stereocenters. The fourth-order valence-electron chi connectivity index (χ4n) is 3.78. The minimum absolute atomic E-state index is 0.0658. The molecule has 1 aliphatic carbocycles. The van der Waals surface area contributed by atoms with Gasteiger partial charge in [-0.1, -0.05) is 12.8 Å². The van der Waals surface area contributed by atoms with Crippen LogP contribution in [0.1, 0.15) is 42.3 Å². The molecule has 0 N–H and O–H groups in total. The van der Waals surface area contributed by atoms with Gasteiger partial charge < -0.3 is 4.90 Å². The summed E-state index contributed by atoms with van der Waals surface area (Å²) in [5, 5.41) is 7.95. The fourth-order valence-corrected chi connectivity index (χ4v) is 4.76. The van der Waals surface area contributed by atoms with Gasteiger partial charge in [0.1, 0.15) is 5.82 Å². The Bertz CT molecular complexity index is 772. The van der Waals surface area contributed by atoms with E-state index < -0.39 is 0 Å². The van der Waals surface area contributed by atoms with Crippen molar-refractivity contribution < 1.29 is 0 Å². The Morgan fingerprint density at radius 3 is 2.64 bits per heavy atom. The van der Waals surface area contributed by atoms with Gasteiger partial charge in [0.25, 0.3) is 5.56 Å². The van der Waals surface area contributed by atoms with Crippen molar-refractivity contribution in [3.8, 4) is 0 Å². The molecule has 1 saturated carbocycles. The summed E-state index contributed by atoms with van der Waals surface area (Å²) in [6.45, 7) is 4.81. The van der Waals surface area contributed by atoms with E-state index in [9.17, 15) is 4.79 Å². The Morgan fingerprint density at radius 1 is 1.16 bits per heavy atom. The lowest BCUT2D eigenvalue weighted by molar-refractivity contribution is 0.246. The number of piperazine rings is 1. The Balaban J connectivity index is 1.32. The highest BCUT2D eigenvalue weighted by Crippen LogP contribution is 2.35. The van der Waals surface area contributed by atoms with Crippen LogP contribution < -0.4 is 10.5 Å². The molecule has 2 fully saturated rings. The van der Waals surface area contributed by atoms with E-state index >= 15 is 0 Å². The predicted octanol–water partition coefficient (Wildman–Crippen LogP) is 2.22. The van der Waals surface area contributed by atoms with Gasteiger partial charge in [-0.05, 0) is 18.9 Å². The first-order valence-corrected chi connectivity index (χ1v) is 10.0. The Kier molecular flexibility index (Phi) is 4.85. The molecule has 1 saturated heterocycles. The highest BCUT2D eigenvalue weighted by atomic mass is 32.1. The third-order valence-corrected chi connectivity index (χ3v) is 6.36. The molecule has 6 nitrogen and oxygen atoms in total. The number of nitrogens with zero attached hydrogens (tertiary/aromatic N) is 5. The molecular formula is C18H25N5OS. The van der Waals surface area contributed by atoms with Gasteiger partial charge in [-0.2, -0.15) is 5.10 Å². The van der Waals surface area contributed by atoms with Gasteiger partial charge >= 0.3 is 0 Å². The van der Waals surface area contributed by atoms with Gasteiger partial charge in [0, 0.05) is 57.1 Å². The second-order valence-corrected chi connectivity index (χ2v) is 7.96. The lowest BCUT2D eigenvalue weighted by atomic mass is 10.1. The molecule has 25 heavy (non-hydrogen) atoms. The predicted molar refractivity (Wildman–Crippen MR) is 100 cm³/mol. The van der Waals surface area contributed by atoms with Gasteiger partial charge in [-0.3, -0.25) is 9.69 Å². The SMILES string of the molecule is Cn1nc(N2CCN(Cc3csc(C4CCCC4)n3)CC2)ccc1=O. The number of rotatable bonds is 4. The number of thiazole rings is 1. The summed E-state index contributed by atoms with van der Waals surface area (Å²) in [6.07, 6.45) is 5.36. The maximum absolute atomic E-state index is 11.5. The van der Waals surface area contributed by atoms with Crippen LogP contribution in [0.3, 0.4) is 0 Å². The third kappa shape index (κ3) is 3.77. The molecule has 134 valence electrons. The lowest BCUT2D eigenvalue weighted by Crippen LogP contribution is -2.46. The molecule has 2 aliphatic rings. The zero-order chi connectivity index (χ0) is 17.2. The van der Waals surface area contributed by atoms with Crippen molar-refractivity contribution in [1.29, 1.82) is 0 Å². The fraction of sp³-hybridized carbons (Fsp3) is 0.611. The van der Waals surface area contributed by atoms with Crippen molar-refractivity contribution >= 4 is 17.2 Å². The second kappa shape index (κ2) is 7.25. The van der Waals surface area contributed by atoms with E-state index in [2.05, 4.69) is 20.3 Å². The molecule has 2 aromatic rings. The highest BCUT2D eigenvalue weighted by Gasteiger charge is 2.22. The van der Waals surface area contributed by atoms with Crippen LogP contribution in [0.4, 0.5) is 5.82 Å². The Labute approximate surface area is 152 Å². The smallest absolute Gasteiger partial charge is 0.266 e. The number of hydrogen-bond donors (Lipinski definition) is 0.